The summed E-state index contributed by atoms with van der Waals surface area (Å²) in [5.74, 6) is 1.60. The van der Waals surface area contributed by atoms with Gasteiger partial charge in [-0.2, -0.15) is 11.8 Å². The van der Waals surface area contributed by atoms with Gasteiger partial charge in [-0.1, -0.05) is 12.1 Å². The van der Waals surface area contributed by atoms with Crippen molar-refractivity contribution in [3.63, 3.8) is 0 Å². The minimum absolute atomic E-state index is 0.0211. The second kappa shape index (κ2) is 9.00. The molecule has 0 bridgehead atoms. The van der Waals surface area contributed by atoms with Gasteiger partial charge in [0.2, 0.25) is 0 Å². The van der Waals surface area contributed by atoms with Crippen molar-refractivity contribution in [3.8, 4) is 0 Å². The van der Waals surface area contributed by atoms with E-state index in [4.69, 9.17) is 0 Å². The summed E-state index contributed by atoms with van der Waals surface area (Å²) in [6.07, 6.45) is 1.18. The Morgan fingerprint density at radius 2 is 1.66 bits per heavy atom. The Morgan fingerprint density at radius 3 is 2.24 bits per heavy atom. The molecule has 29 heavy (non-hydrogen) atoms. The van der Waals surface area contributed by atoms with Crippen molar-refractivity contribution < 1.29 is 18.0 Å². The van der Waals surface area contributed by atoms with Gasteiger partial charge in [-0.15, -0.1) is 0 Å². The normalized spacial score (nSPS) is 14.5. The van der Waals surface area contributed by atoms with Crippen molar-refractivity contribution >= 4 is 39.1 Å². The number of benzene rings is 2. The highest BCUT2D eigenvalue weighted by Crippen LogP contribution is 2.20. The average molecular weight is 433 g/mol. The molecule has 0 spiro atoms. The number of anilines is 1. The van der Waals surface area contributed by atoms with E-state index in [9.17, 15) is 18.0 Å². The molecule has 1 aliphatic rings. The number of nitrogens with zero attached hydrogens (tertiary/aromatic N) is 1. The molecule has 1 N–H and O–H groups in total. The first kappa shape index (κ1) is 21.4. The van der Waals surface area contributed by atoms with Crippen LogP contribution in [0.25, 0.3) is 0 Å². The van der Waals surface area contributed by atoms with Gasteiger partial charge in [0.15, 0.2) is 9.84 Å². The Labute approximate surface area is 175 Å². The quantitative estimate of drug-likeness (QED) is 0.785. The number of hydrogen-bond acceptors (Lipinski definition) is 5. The Kier molecular flexibility index (Phi) is 6.64. The minimum Gasteiger partial charge on any atom is -0.337 e. The number of carbonyl (C=O) groups is 2. The first-order chi connectivity index (χ1) is 13.7. The predicted octanol–water partition coefficient (Wildman–Crippen LogP) is 2.98. The molecule has 1 aliphatic heterocycles. The molecule has 0 radical (unpaired) electrons. The molecule has 0 atom stereocenters. The molecule has 2 aromatic rings. The highest BCUT2D eigenvalue weighted by Gasteiger charge is 2.19. The lowest BCUT2D eigenvalue weighted by Gasteiger charge is -2.26. The first-order valence-corrected chi connectivity index (χ1v) is 12.5. The van der Waals surface area contributed by atoms with Crippen molar-refractivity contribution in [3.05, 3.63) is 64.7 Å². The number of carbonyl (C=O) groups excluding carboxylic acids is 2. The van der Waals surface area contributed by atoms with Crippen LogP contribution >= 0.6 is 11.8 Å². The van der Waals surface area contributed by atoms with Gasteiger partial charge < -0.3 is 10.2 Å². The van der Waals surface area contributed by atoms with Gasteiger partial charge in [0.05, 0.1) is 5.75 Å². The fourth-order valence-electron chi connectivity index (χ4n) is 3.14. The van der Waals surface area contributed by atoms with Gasteiger partial charge in [-0.05, 0) is 48.4 Å². The van der Waals surface area contributed by atoms with Gasteiger partial charge in [0.1, 0.15) is 0 Å². The van der Waals surface area contributed by atoms with E-state index >= 15 is 0 Å². The number of amides is 2. The summed E-state index contributed by atoms with van der Waals surface area (Å²) in [6.45, 7) is 3.38. The molecule has 2 aromatic carbocycles. The Morgan fingerprint density at radius 1 is 1.03 bits per heavy atom. The van der Waals surface area contributed by atoms with E-state index in [0.717, 1.165) is 30.2 Å². The molecule has 0 unspecified atom stereocenters. The third-order valence-electron chi connectivity index (χ3n) is 4.66. The van der Waals surface area contributed by atoms with Crippen LogP contribution in [-0.2, 0) is 15.6 Å². The Hall–Kier alpha value is -2.32. The van der Waals surface area contributed by atoms with Crippen LogP contribution in [0.5, 0.6) is 0 Å². The maximum absolute atomic E-state index is 12.6. The minimum atomic E-state index is -3.12. The number of sulfone groups is 1. The van der Waals surface area contributed by atoms with Crippen LogP contribution in [0.2, 0.25) is 0 Å². The van der Waals surface area contributed by atoms with Crippen LogP contribution < -0.4 is 5.32 Å². The smallest absolute Gasteiger partial charge is 0.255 e. The Bertz CT molecular complexity index is 1010. The maximum atomic E-state index is 12.6. The molecule has 2 amide bonds. The molecule has 1 heterocycles. The average Bonchev–Trinajstić information content (AvgIpc) is 2.69. The van der Waals surface area contributed by atoms with Crippen LogP contribution in [0.4, 0.5) is 5.69 Å². The van der Waals surface area contributed by atoms with Crippen LogP contribution in [0.1, 0.15) is 31.8 Å². The zero-order valence-electron chi connectivity index (χ0n) is 16.5. The van der Waals surface area contributed by atoms with E-state index < -0.39 is 9.84 Å². The van der Waals surface area contributed by atoms with Gasteiger partial charge in [0.25, 0.3) is 11.8 Å². The number of thioether (sulfide) groups is 1. The lowest BCUT2D eigenvalue weighted by atomic mass is 10.1. The lowest BCUT2D eigenvalue weighted by molar-refractivity contribution is 0.0772. The van der Waals surface area contributed by atoms with Crippen LogP contribution in [0, 0.1) is 6.92 Å². The summed E-state index contributed by atoms with van der Waals surface area (Å²) >= 11 is 1.85. The number of rotatable bonds is 5. The fraction of sp³-hybridized carbons (Fsp3) is 0.333. The van der Waals surface area contributed by atoms with Crippen molar-refractivity contribution in [1.82, 2.24) is 4.90 Å². The molecule has 1 saturated heterocycles. The van der Waals surface area contributed by atoms with E-state index in [2.05, 4.69) is 5.32 Å². The van der Waals surface area contributed by atoms with E-state index in [0.29, 0.717) is 22.4 Å². The largest absolute Gasteiger partial charge is 0.337 e. The van der Waals surface area contributed by atoms with E-state index in [1.54, 1.807) is 42.5 Å². The van der Waals surface area contributed by atoms with Gasteiger partial charge >= 0.3 is 0 Å². The molecule has 154 valence electrons. The zero-order chi connectivity index (χ0) is 21.0. The van der Waals surface area contributed by atoms with Gasteiger partial charge in [-0.3, -0.25) is 9.59 Å². The summed E-state index contributed by atoms with van der Waals surface area (Å²) in [4.78, 5) is 27.0. The summed E-state index contributed by atoms with van der Waals surface area (Å²) < 4.78 is 22.7. The van der Waals surface area contributed by atoms with Crippen molar-refractivity contribution in [2.75, 3.05) is 36.2 Å². The molecule has 6 nitrogen and oxygen atoms in total. The molecular weight excluding hydrogens is 408 g/mol. The van der Waals surface area contributed by atoms with Crippen LogP contribution in [0.15, 0.2) is 42.5 Å². The standard InChI is InChI=1S/C21H24N2O4S2/c1-15-13-18(21(25)23-9-11-28-12-10-23)7-8-19(15)22-20(24)17-5-3-16(4-6-17)14-29(2,26)27/h3-8,13H,9-12,14H2,1-2H3,(H,22,24). The molecule has 8 heteroatoms. The second-order valence-electron chi connectivity index (χ2n) is 7.16. The summed E-state index contributed by atoms with van der Waals surface area (Å²) in [5.41, 5.74) is 3.15. The van der Waals surface area contributed by atoms with Crippen molar-refractivity contribution in [1.29, 1.82) is 0 Å². The molecule has 0 saturated carbocycles. The van der Waals surface area contributed by atoms with Crippen molar-refractivity contribution in [2.45, 2.75) is 12.7 Å². The maximum Gasteiger partial charge on any atom is 0.255 e. The van der Waals surface area contributed by atoms with E-state index in [-0.39, 0.29) is 17.6 Å². The molecule has 1 fully saturated rings. The molecule has 0 aliphatic carbocycles. The Balaban J connectivity index is 1.68. The SMILES string of the molecule is Cc1cc(C(=O)N2CCSCC2)ccc1NC(=O)c1ccc(CS(C)(=O)=O)cc1. The number of aryl methyl sites for hydroxylation is 1. The highest BCUT2D eigenvalue weighted by atomic mass is 32.2. The predicted molar refractivity (Wildman–Crippen MR) is 117 cm³/mol. The third-order valence-corrected chi connectivity index (χ3v) is 6.47. The number of hydrogen-bond donors (Lipinski definition) is 1. The molecule has 0 aromatic heterocycles. The van der Waals surface area contributed by atoms with Gasteiger partial charge in [0, 0.05) is 47.7 Å². The summed E-state index contributed by atoms with van der Waals surface area (Å²) in [7, 11) is -3.12. The fourth-order valence-corrected chi connectivity index (χ4v) is 4.84. The second-order valence-corrected chi connectivity index (χ2v) is 10.5. The van der Waals surface area contributed by atoms with E-state index in [1.165, 1.54) is 6.26 Å². The monoisotopic (exact) mass is 432 g/mol. The van der Waals surface area contributed by atoms with Crippen molar-refractivity contribution in [2.24, 2.45) is 0 Å². The summed E-state index contributed by atoms with van der Waals surface area (Å²) in [6, 6.07) is 11.8. The topological polar surface area (TPSA) is 83.6 Å². The number of nitrogens with one attached hydrogen (secondary N) is 1. The van der Waals surface area contributed by atoms with Gasteiger partial charge in [-0.25, -0.2) is 8.42 Å². The molecule has 3 rings (SSSR count). The first-order valence-electron chi connectivity index (χ1n) is 9.28. The molecular formula is C21H24N2O4S2. The highest BCUT2D eigenvalue weighted by molar-refractivity contribution is 7.99. The summed E-state index contributed by atoms with van der Waals surface area (Å²) in [5, 5.41) is 2.85. The zero-order valence-corrected chi connectivity index (χ0v) is 18.1. The third kappa shape index (κ3) is 5.83. The van der Waals surface area contributed by atoms with Crippen LogP contribution in [0.3, 0.4) is 0 Å². The lowest BCUT2D eigenvalue weighted by Crippen LogP contribution is -2.37. The van der Waals surface area contributed by atoms with Crippen LogP contribution in [-0.4, -0.2) is 56.0 Å². The van der Waals surface area contributed by atoms with E-state index in [1.807, 2.05) is 23.6 Å².